The minimum Gasteiger partial charge on any atom is -0.464 e. The fourth-order valence-electron chi connectivity index (χ4n) is 3.52. The van der Waals surface area contributed by atoms with Crippen molar-refractivity contribution in [3.05, 3.63) is 71.3 Å². The van der Waals surface area contributed by atoms with Crippen molar-refractivity contribution in [3.8, 4) is 0 Å². The Morgan fingerprint density at radius 1 is 0.730 bits per heavy atom. The summed E-state index contributed by atoms with van der Waals surface area (Å²) in [4.78, 5) is 48.1. The number of unbranched alkanes of at least 4 members (excludes halogenated alkanes) is 4. The summed E-state index contributed by atoms with van der Waals surface area (Å²) in [6.07, 6.45) is 5.38. The highest BCUT2D eigenvalue weighted by Crippen LogP contribution is 2.13. The molecule has 0 heterocycles. The maximum absolute atomic E-state index is 12.5. The van der Waals surface area contributed by atoms with Gasteiger partial charge in [0.05, 0.1) is 18.5 Å². The molecule has 8 nitrogen and oxygen atoms in total. The van der Waals surface area contributed by atoms with Crippen LogP contribution in [0, 0.1) is 0 Å². The Morgan fingerprint density at radius 3 is 2.24 bits per heavy atom. The molecule has 200 valence electrons. The fraction of sp³-hybridized carbons (Fsp3) is 0.448. The number of Topliss-reactive ketones (excluding diaryl/α,β-unsaturated/α-hetero) is 1. The third-order valence-corrected chi connectivity index (χ3v) is 5.61. The molecule has 2 aromatic rings. The SMILES string of the molecule is CCCCCCCC(=O)CCC(=O)OCCNC(=O)OCc1ccccc1C(=O)OCc1ccccc1. The van der Waals surface area contributed by atoms with Gasteiger partial charge in [-0.2, -0.15) is 0 Å². The second-order valence-electron chi connectivity index (χ2n) is 8.65. The smallest absolute Gasteiger partial charge is 0.407 e. The zero-order chi connectivity index (χ0) is 26.7. The molecule has 2 rings (SSSR count). The normalized spacial score (nSPS) is 10.4. The lowest BCUT2D eigenvalue weighted by Gasteiger charge is -2.11. The average molecular weight is 512 g/mol. The summed E-state index contributed by atoms with van der Waals surface area (Å²) in [6, 6.07) is 16.1. The van der Waals surface area contributed by atoms with Crippen molar-refractivity contribution < 1.29 is 33.4 Å². The molecule has 8 heteroatoms. The maximum Gasteiger partial charge on any atom is 0.407 e. The molecule has 0 aromatic heterocycles. The molecule has 37 heavy (non-hydrogen) atoms. The van der Waals surface area contributed by atoms with Crippen molar-refractivity contribution in [2.75, 3.05) is 13.2 Å². The van der Waals surface area contributed by atoms with Gasteiger partial charge in [-0.05, 0) is 18.1 Å². The Labute approximate surface area is 218 Å². The van der Waals surface area contributed by atoms with E-state index in [1.165, 1.54) is 6.42 Å². The number of esters is 2. The molecule has 0 saturated heterocycles. The Kier molecular flexibility index (Phi) is 14.1. The van der Waals surface area contributed by atoms with Crippen LogP contribution >= 0.6 is 0 Å². The van der Waals surface area contributed by atoms with E-state index in [9.17, 15) is 19.2 Å². The van der Waals surface area contributed by atoms with Crippen molar-refractivity contribution >= 4 is 23.8 Å². The van der Waals surface area contributed by atoms with E-state index in [1.54, 1.807) is 24.3 Å². The van der Waals surface area contributed by atoms with E-state index in [4.69, 9.17) is 14.2 Å². The predicted octanol–water partition coefficient (Wildman–Crippen LogP) is 5.52. The van der Waals surface area contributed by atoms with Gasteiger partial charge in [0, 0.05) is 18.4 Å². The summed E-state index contributed by atoms with van der Waals surface area (Å²) in [5.74, 6) is -0.915. The highest BCUT2D eigenvalue weighted by Gasteiger charge is 2.14. The molecule has 1 N–H and O–H groups in total. The van der Waals surface area contributed by atoms with Gasteiger partial charge < -0.3 is 19.5 Å². The van der Waals surface area contributed by atoms with Gasteiger partial charge in [-0.1, -0.05) is 81.1 Å². The standard InChI is InChI=1S/C29H37NO7/c1-2-3-4-5-9-15-25(31)17-18-27(32)35-20-19-30-29(34)37-22-24-14-10-11-16-26(24)28(33)36-21-23-12-7-6-8-13-23/h6-8,10-14,16H,2-5,9,15,17-22H2,1H3,(H,30,34). The van der Waals surface area contributed by atoms with E-state index in [-0.39, 0.29) is 45.0 Å². The van der Waals surface area contributed by atoms with Gasteiger partial charge in [0.15, 0.2) is 0 Å². The van der Waals surface area contributed by atoms with Gasteiger partial charge in [0.2, 0.25) is 0 Å². The van der Waals surface area contributed by atoms with E-state index < -0.39 is 18.0 Å². The van der Waals surface area contributed by atoms with Crippen molar-refractivity contribution in [2.24, 2.45) is 0 Å². The van der Waals surface area contributed by atoms with Crippen molar-refractivity contribution in [1.29, 1.82) is 0 Å². The molecular formula is C29H37NO7. The first kappa shape index (κ1) is 29.5. The molecule has 1 amide bonds. The molecular weight excluding hydrogens is 474 g/mol. The highest BCUT2D eigenvalue weighted by molar-refractivity contribution is 5.91. The van der Waals surface area contributed by atoms with Gasteiger partial charge in [0.1, 0.15) is 25.6 Å². The molecule has 0 aliphatic heterocycles. The largest absolute Gasteiger partial charge is 0.464 e. The molecule has 0 aliphatic carbocycles. The lowest BCUT2D eigenvalue weighted by Crippen LogP contribution is -2.28. The van der Waals surface area contributed by atoms with Crippen LogP contribution in [-0.4, -0.2) is 37.0 Å². The van der Waals surface area contributed by atoms with Gasteiger partial charge in [0.25, 0.3) is 0 Å². The highest BCUT2D eigenvalue weighted by atomic mass is 16.6. The zero-order valence-electron chi connectivity index (χ0n) is 21.5. The van der Waals surface area contributed by atoms with Gasteiger partial charge in [-0.25, -0.2) is 9.59 Å². The molecule has 0 saturated carbocycles. The van der Waals surface area contributed by atoms with E-state index in [1.807, 2.05) is 30.3 Å². The number of carbonyl (C=O) groups is 4. The molecule has 0 spiro atoms. The molecule has 2 aromatic carbocycles. The third-order valence-electron chi connectivity index (χ3n) is 5.61. The summed E-state index contributed by atoms with van der Waals surface area (Å²) in [7, 11) is 0. The van der Waals surface area contributed by atoms with Crippen LogP contribution in [0.3, 0.4) is 0 Å². The predicted molar refractivity (Wildman–Crippen MR) is 139 cm³/mol. The quantitative estimate of drug-likeness (QED) is 0.169. The van der Waals surface area contributed by atoms with Crippen LogP contribution < -0.4 is 5.32 Å². The van der Waals surface area contributed by atoms with Gasteiger partial charge in [-0.15, -0.1) is 0 Å². The Morgan fingerprint density at radius 2 is 1.46 bits per heavy atom. The van der Waals surface area contributed by atoms with Crippen LogP contribution in [0.2, 0.25) is 0 Å². The summed E-state index contributed by atoms with van der Waals surface area (Å²) < 4.78 is 15.6. The third kappa shape index (κ3) is 12.7. The number of rotatable bonds is 17. The summed E-state index contributed by atoms with van der Waals surface area (Å²) in [5.41, 5.74) is 1.70. The molecule has 0 aliphatic rings. The lowest BCUT2D eigenvalue weighted by molar-refractivity contribution is -0.144. The van der Waals surface area contributed by atoms with Crippen LogP contribution in [-0.2, 0) is 37.0 Å². The minimum atomic E-state index is -0.707. The van der Waals surface area contributed by atoms with Crippen molar-refractivity contribution in [3.63, 3.8) is 0 Å². The van der Waals surface area contributed by atoms with Gasteiger partial charge in [-0.3, -0.25) is 9.59 Å². The Bertz CT molecular complexity index is 991. The number of alkyl carbamates (subject to hydrolysis) is 1. The minimum absolute atomic E-state index is 0.0262. The first-order valence-electron chi connectivity index (χ1n) is 12.9. The first-order valence-corrected chi connectivity index (χ1v) is 12.9. The zero-order valence-corrected chi connectivity index (χ0v) is 21.5. The lowest BCUT2D eigenvalue weighted by atomic mass is 10.1. The number of amides is 1. The maximum atomic E-state index is 12.5. The van der Waals surface area contributed by atoms with Crippen LogP contribution in [0.1, 0.15) is 79.8 Å². The van der Waals surface area contributed by atoms with Crippen LogP contribution in [0.5, 0.6) is 0 Å². The van der Waals surface area contributed by atoms with E-state index >= 15 is 0 Å². The average Bonchev–Trinajstić information content (AvgIpc) is 2.92. The van der Waals surface area contributed by atoms with Crippen molar-refractivity contribution in [2.45, 2.75) is 71.5 Å². The summed E-state index contributed by atoms with van der Waals surface area (Å²) in [5, 5.41) is 2.49. The summed E-state index contributed by atoms with van der Waals surface area (Å²) in [6.45, 7) is 2.20. The molecule has 0 radical (unpaired) electrons. The van der Waals surface area contributed by atoms with Crippen LogP contribution in [0.4, 0.5) is 4.79 Å². The van der Waals surface area contributed by atoms with E-state index in [0.29, 0.717) is 17.5 Å². The fourth-order valence-corrected chi connectivity index (χ4v) is 3.52. The first-order chi connectivity index (χ1) is 18.0. The topological polar surface area (TPSA) is 108 Å². The molecule has 0 fully saturated rings. The van der Waals surface area contributed by atoms with Crippen LogP contribution in [0.25, 0.3) is 0 Å². The second-order valence-corrected chi connectivity index (χ2v) is 8.65. The van der Waals surface area contributed by atoms with Gasteiger partial charge >= 0.3 is 18.0 Å². The number of ether oxygens (including phenoxy) is 3. The molecule has 0 unspecified atom stereocenters. The Balaban J connectivity index is 1.61. The second kappa shape index (κ2) is 17.7. The molecule has 0 bridgehead atoms. The van der Waals surface area contributed by atoms with Crippen LogP contribution in [0.15, 0.2) is 54.6 Å². The number of carbonyl (C=O) groups excluding carboxylic acids is 4. The molecule has 0 atom stereocenters. The number of ketones is 1. The van der Waals surface area contributed by atoms with Crippen molar-refractivity contribution in [1.82, 2.24) is 5.32 Å². The monoisotopic (exact) mass is 511 g/mol. The van der Waals surface area contributed by atoms with E-state index in [0.717, 1.165) is 31.2 Å². The number of hydrogen-bond acceptors (Lipinski definition) is 7. The van der Waals surface area contributed by atoms with E-state index in [2.05, 4.69) is 12.2 Å². The number of hydrogen-bond donors (Lipinski definition) is 1. The number of benzene rings is 2. The summed E-state index contributed by atoms with van der Waals surface area (Å²) >= 11 is 0. The Hall–Kier alpha value is -3.68. The number of nitrogens with one attached hydrogen (secondary N) is 1.